The zero-order valence-corrected chi connectivity index (χ0v) is 11.9. The number of ether oxygens (including phenoxy) is 1. The van der Waals surface area contributed by atoms with Crippen LogP contribution in [0.4, 0.5) is 5.69 Å². The Balaban J connectivity index is 2.51. The van der Waals surface area contributed by atoms with Crippen molar-refractivity contribution in [3.8, 4) is 5.75 Å². The van der Waals surface area contributed by atoms with Crippen LogP contribution in [0.15, 0.2) is 18.2 Å². The lowest BCUT2D eigenvalue weighted by Crippen LogP contribution is -2.49. The van der Waals surface area contributed by atoms with Crippen molar-refractivity contribution >= 4 is 17.6 Å². The molecule has 0 saturated heterocycles. The summed E-state index contributed by atoms with van der Waals surface area (Å²) in [5.41, 5.74) is 1.61. The van der Waals surface area contributed by atoms with Gasteiger partial charge >= 0.3 is 5.97 Å². The average Bonchev–Trinajstić information content (AvgIpc) is 2.41. The van der Waals surface area contributed by atoms with Crippen molar-refractivity contribution in [1.82, 2.24) is 0 Å². The van der Waals surface area contributed by atoms with Gasteiger partial charge in [-0.15, -0.1) is 0 Å². The van der Waals surface area contributed by atoms with Crippen LogP contribution in [-0.2, 0) is 9.59 Å². The normalized spacial score (nSPS) is 15.8. The fourth-order valence-corrected chi connectivity index (χ4v) is 2.36. The first kappa shape index (κ1) is 14.4. The van der Waals surface area contributed by atoms with E-state index in [4.69, 9.17) is 4.74 Å². The largest absolute Gasteiger partial charge is 0.482 e. The number of carboxylic acids is 1. The predicted molar refractivity (Wildman–Crippen MR) is 75.2 cm³/mol. The van der Waals surface area contributed by atoms with Gasteiger partial charge in [0, 0.05) is 0 Å². The number of carboxylic acid groups (broad SMARTS) is 1. The molecule has 0 spiro atoms. The van der Waals surface area contributed by atoms with Crippen molar-refractivity contribution < 1.29 is 19.4 Å². The van der Waals surface area contributed by atoms with Crippen molar-refractivity contribution in [2.24, 2.45) is 0 Å². The molecule has 0 saturated carbocycles. The van der Waals surface area contributed by atoms with Gasteiger partial charge in [-0.3, -0.25) is 9.69 Å². The first-order chi connectivity index (χ1) is 9.45. The number of rotatable bonds is 4. The summed E-state index contributed by atoms with van der Waals surface area (Å²) in [4.78, 5) is 24.8. The van der Waals surface area contributed by atoms with E-state index < -0.39 is 12.0 Å². The number of fused-ring (bicyclic) bond motifs is 1. The number of carbonyl (C=O) groups excluding carboxylic acids is 1. The third-order valence-corrected chi connectivity index (χ3v) is 3.51. The molecule has 0 fully saturated rings. The van der Waals surface area contributed by atoms with Gasteiger partial charge in [0.05, 0.1) is 5.69 Å². The Hall–Kier alpha value is -2.04. The highest BCUT2D eigenvalue weighted by Crippen LogP contribution is 2.36. The maximum absolute atomic E-state index is 12.1. The summed E-state index contributed by atoms with van der Waals surface area (Å²) >= 11 is 0. The summed E-state index contributed by atoms with van der Waals surface area (Å²) in [7, 11) is 0. The number of aliphatic carboxylic acids is 1. The van der Waals surface area contributed by atoms with E-state index in [0.29, 0.717) is 23.8 Å². The highest BCUT2D eigenvalue weighted by atomic mass is 16.5. The summed E-state index contributed by atoms with van der Waals surface area (Å²) in [5.74, 6) is -0.450. The minimum Gasteiger partial charge on any atom is -0.482 e. The molecule has 1 unspecified atom stereocenters. The summed E-state index contributed by atoms with van der Waals surface area (Å²) in [6.07, 6.45) is 0.354. The van der Waals surface area contributed by atoms with Crippen LogP contribution in [0.1, 0.15) is 38.7 Å². The molecule has 5 nitrogen and oxygen atoms in total. The number of amides is 1. The van der Waals surface area contributed by atoms with E-state index in [1.807, 2.05) is 26.0 Å². The molecule has 0 bridgehead atoms. The molecular formula is C15H19NO4. The van der Waals surface area contributed by atoms with Gasteiger partial charge in [0.15, 0.2) is 6.61 Å². The molecule has 1 atom stereocenters. The van der Waals surface area contributed by atoms with Crippen molar-refractivity contribution in [3.05, 3.63) is 23.8 Å². The lowest BCUT2D eigenvalue weighted by Gasteiger charge is -2.33. The number of nitrogens with zero attached hydrogens (tertiary/aromatic N) is 1. The molecule has 0 aromatic heterocycles. The van der Waals surface area contributed by atoms with Gasteiger partial charge in [-0.05, 0) is 30.0 Å². The van der Waals surface area contributed by atoms with E-state index in [-0.39, 0.29) is 12.5 Å². The van der Waals surface area contributed by atoms with Gasteiger partial charge in [-0.25, -0.2) is 4.79 Å². The molecule has 1 aromatic rings. The molecule has 0 radical (unpaired) electrons. The summed E-state index contributed by atoms with van der Waals surface area (Å²) in [6.45, 7) is 5.74. The molecule has 1 aromatic carbocycles. The fraction of sp³-hybridized carbons (Fsp3) is 0.467. The molecular weight excluding hydrogens is 258 g/mol. The van der Waals surface area contributed by atoms with E-state index in [2.05, 4.69) is 0 Å². The number of carbonyl (C=O) groups is 2. The molecule has 1 aliphatic rings. The van der Waals surface area contributed by atoms with Crippen molar-refractivity contribution in [2.75, 3.05) is 11.5 Å². The Bertz CT molecular complexity index is 539. The highest BCUT2D eigenvalue weighted by Gasteiger charge is 2.34. The van der Waals surface area contributed by atoms with Gasteiger partial charge in [-0.2, -0.15) is 0 Å². The first-order valence-corrected chi connectivity index (χ1v) is 6.77. The maximum Gasteiger partial charge on any atom is 0.326 e. The third kappa shape index (κ3) is 2.48. The molecule has 2 rings (SSSR count). The highest BCUT2D eigenvalue weighted by molar-refractivity contribution is 6.02. The molecule has 1 heterocycles. The summed E-state index contributed by atoms with van der Waals surface area (Å²) < 4.78 is 5.39. The van der Waals surface area contributed by atoms with E-state index in [1.54, 1.807) is 13.0 Å². The minimum atomic E-state index is -0.997. The number of hydrogen-bond acceptors (Lipinski definition) is 3. The van der Waals surface area contributed by atoms with Gasteiger partial charge < -0.3 is 9.84 Å². The monoisotopic (exact) mass is 277 g/mol. The summed E-state index contributed by atoms with van der Waals surface area (Å²) in [5, 5.41) is 9.31. The lowest BCUT2D eigenvalue weighted by atomic mass is 10.0. The molecule has 0 aliphatic carbocycles. The summed E-state index contributed by atoms with van der Waals surface area (Å²) in [6, 6.07) is 4.74. The second-order valence-corrected chi connectivity index (χ2v) is 5.20. The van der Waals surface area contributed by atoms with E-state index in [1.165, 1.54) is 4.90 Å². The molecule has 1 aliphatic heterocycles. The van der Waals surface area contributed by atoms with E-state index in [0.717, 1.165) is 5.56 Å². The second kappa shape index (κ2) is 5.53. The minimum absolute atomic E-state index is 0.113. The van der Waals surface area contributed by atoms with Crippen LogP contribution < -0.4 is 9.64 Å². The van der Waals surface area contributed by atoms with E-state index >= 15 is 0 Å². The van der Waals surface area contributed by atoms with Crippen LogP contribution in [0.2, 0.25) is 0 Å². The Labute approximate surface area is 118 Å². The fourth-order valence-electron chi connectivity index (χ4n) is 2.36. The van der Waals surface area contributed by atoms with Gasteiger partial charge in [0.1, 0.15) is 11.8 Å². The standard InChI is InChI=1S/C15H19NO4/c1-4-11(15(18)19)16-12-7-10(9(2)3)5-6-13(12)20-8-14(16)17/h5-7,9,11H,4,8H2,1-3H3,(H,18,19). The Kier molecular flexibility index (Phi) is 3.97. The zero-order valence-electron chi connectivity index (χ0n) is 11.9. The van der Waals surface area contributed by atoms with Crippen LogP contribution in [0.5, 0.6) is 5.75 Å². The van der Waals surface area contributed by atoms with Crippen molar-refractivity contribution in [2.45, 2.75) is 39.2 Å². The van der Waals surface area contributed by atoms with Crippen molar-refractivity contribution in [3.63, 3.8) is 0 Å². The van der Waals surface area contributed by atoms with Crippen LogP contribution >= 0.6 is 0 Å². The van der Waals surface area contributed by atoms with Crippen LogP contribution in [0.25, 0.3) is 0 Å². The zero-order chi connectivity index (χ0) is 14.9. The molecule has 108 valence electrons. The molecule has 5 heteroatoms. The quantitative estimate of drug-likeness (QED) is 0.917. The smallest absolute Gasteiger partial charge is 0.326 e. The third-order valence-electron chi connectivity index (χ3n) is 3.51. The second-order valence-electron chi connectivity index (χ2n) is 5.20. The predicted octanol–water partition coefficient (Wildman–Crippen LogP) is 2.40. The van der Waals surface area contributed by atoms with E-state index in [9.17, 15) is 14.7 Å². The van der Waals surface area contributed by atoms with Crippen molar-refractivity contribution in [1.29, 1.82) is 0 Å². The Morgan fingerprint density at radius 3 is 2.70 bits per heavy atom. The van der Waals surface area contributed by atoms with Crippen LogP contribution in [0, 0.1) is 0 Å². The van der Waals surface area contributed by atoms with Gasteiger partial charge in [0.2, 0.25) is 0 Å². The SMILES string of the molecule is CCC(C(=O)O)N1C(=O)COc2ccc(C(C)C)cc21. The molecule has 20 heavy (non-hydrogen) atoms. The number of hydrogen-bond donors (Lipinski definition) is 1. The first-order valence-electron chi connectivity index (χ1n) is 6.77. The molecule has 1 amide bonds. The Morgan fingerprint density at radius 1 is 1.45 bits per heavy atom. The number of benzene rings is 1. The maximum atomic E-state index is 12.1. The van der Waals surface area contributed by atoms with Gasteiger partial charge in [-0.1, -0.05) is 26.8 Å². The van der Waals surface area contributed by atoms with Crippen LogP contribution in [-0.4, -0.2) is 29.6 Å². The molecule has 1 N–H and O–H groups in total. The Morgan fingerprint density at radius 2 is 2.15 bits per heavy atom. The average molecular weight is 277 g/mol. The van der Waals surface area contributed by atoms with Crippen LogP contribution in [0.3, 0.4) is 0 Å². The lowest BCUT2D eigenvalue weighted by molar-refractivity contribution is -0.140. The number of anilines is 1. The van der Waals surface area contributed by atoms with Gasteiger partial charge in [0.25, 0.3) is 5.91 Å². The topological polar surface area (TPSA) is 66.8 Å².